The summed E-state index contributed by atoms with van der Waals surface area (Å²) in [6, 6.07) is 19.0. The van der Waals surface area contributed by atoms with Crippen molar-refractivity contribution in [3.05, 3.63) is 71.8 Å². The van der Waals surface area contributed by atoms with Crippen molar-refractivity contribution >= 4 is 23.0 Å². The molecular formula is C16H15NOS. The first-order valence-corrected chi connectivity index (χ1v) is 6.48. The van der Waals surface area contributed by atoms with E-state index in [4.69, 9.17) is 12.2 Å². The molecule has 0 aliphatic carbocycles. The average molecular weight is 269 g/mol. The van der Waals surface area contributed by atoms with Gasteiger partial charge in [0.2, 0.25) is 0 Å². The van der Waals surface area contributed by atoms with Crippen LogP contribution in [0.4, 0.5) is 0 Å². The van der Waals surface area contributed by atoms with Crippen LogP contribution in [0.2, 0.25) is 0 Å². The van der Waals surface area contributed by atoms with E-state index in [9.17, 15) is 4.79 Å². The summed E-state index contributed by atoms with van der Waals surface area (Å²) in [7, 11) is 1.77. The van der Waals surface area contributed by atoms with Gasteiger partial charge in [-0.05, 0) is 17.7 Å². The lowest BCUT2D eigenvalue weighted by Crippen LogP contribution is -2.31. The highest BCUT2D eigenvalue weighted by Gasteiger charge is 2.13. The third kappa shape index (κ3) is 3.48. The van der Waals surface area contributed by atoms with E-state index in [2.05, 4.69) is 0 Å². The highest BCUT2D eigenvalue weighted by molar-refractivity contribution is 7.80. The van der Waals surface area contributed by atoms with E-state index in [0.29, 0.717) is 12.1 Å². The van der Waals surface area contributed by atoms with E-state index < -0.39 is 0 Å². The van der Waals surface area contributed by atoms with Crippen LogP contribution < -0.4 is 0 Å². The Labute approximate surface area is 118 Å². The van der Waals surface area contributed by atoms with Crippen LogP contribution in [-0.2, 0) is 0 Å². The molecule has 0 saturated carbocycles. The van der Waals surface area contributed by atoms with Crippen LogP contribution in [0.5, 0.6) is 0 Å². The number of carbonyl (C=O) groups excluding carboxylic acids is 1. The number of benzene rings is 2. The molecule has 0 fully saturated rings. The maximum Gasteiger partial charge on any atom is 0.253 e. The van der Waals surface area contributed by atoms with Gasteiger partial charge in [-0.3, -0.25) is 4.79 Å². The lowest BCUT2D eigenvalue weighted by molar-refractivity contribution is 0.0815. The van der Waals surface area contributed by atoms with Gasteiger partial charge in [-0.2, -0.15) is 0 Å². The topological polar surface area (TPSA) is 20.3 Å². The summed E-state index contributed by atoms with van der Waals surface area (Å²) in [5, 5.41) is 0. The minimum Gasteiger partial charge on any atom is -0.337 e. The van der Waals surface area contributed by atoms with E-state index in [1.165, 1.54) is 0 Å². The van der Waals surface area contributed by atoms with Crippen molar-refractivity contribution in [3.63, 3.8) is 0 Å². The van der Waals surface area contributed by atoms with Crippen LogP contribution in [-0.4, -0.2) is 29.3 Å². The first-order valence-electron chi connectivity index (χ1n) is 6.07. The van der Waals surface area contributed by atoms with Crippen molar-refractivity contribution in [2.24, 2.45) is 0 Å². The molecule has 2 rings (SSSR count). The normalized spacial score (nSPS) is 9.95. The second-order valence-electron chi connectivity index (χ2n) is 4.32. The van der Waals surface area contributed by atoms with Gasteiger partial charge in [-0.15, -0.1) is 0 Å². The first kappa shape index (κ1) is 13.4. The van der Waals surface area contributed by atoms with Crippen molar-refractivity contribution in [3.8, 4) is 0 Å². The van der Waals surface area contributed by atoms with Crippen molar-refractivity contribution in [2.45, 2.75) is 0 Å². The number of carbonyl (C=O) groups is 1. The summed E-state index contributed by atoms with van der Waals surface area (Å²) in [5.41, 5.74) is 1.67. The first-order chi connectivity index (χ1) is 9.18. The van der Waals surface area contributed by atoms with Gasteiger partial charge >= 0.3 is 0 Å². The number of hydrogen-bond donors (Lipinski definition) is 0. The van der Waals surface area contributed by atoms with Gasteiger partial charge in [0.25, 0.3) is 5.91 Å². The van der Waals surface area contributed by atoms with Crippen LogP contribution in [0.1, 0.15) is 15.9 Å². The van der Waals surface area contributed by atoms with Gasteiger partial charge in [0.05, 0.1) is 6.54 Å². The number of thiocarbonyl (C=S) groups is 1. The van der Waals surface area contributed by atoms with Gasteiger partial charge in [-0.25, -0.2) is 0 Å². The zero-order chi connectivity index (χ0) is 13.7. The Hall–Kier alpha value is -2.00. The predicted molar refractivity (Wildman–Crippen MR) is 81.5 cm³/mol. The van der Waals surface area contributed by atoms with Gasteiger partial charge in [-0.1, -0.05) is 60.7 Å². The molecule has 0 aromatic heterocycles. The van der Waals surface area contributed by atoms with Crippen molar-refractivity contribution < 1.29 is 4.79 Å². The molecule has 0 aliphatic heterocycles. The molecule has 1 amide bonds. The molecule has 2 aromatic carbocycles. The maximum absolute atomic E-state index is 12.2. The molecule has 2 nitrogen and oxygen atoms in total. The van der Waals surface area contributed by atoms with Gasteiger partial charge in [0.15, 0.2) is 0 Å². The number of nitrogens with zero attached hydrogens (tertiary/aromatic N) is 1. The van der Waals surface area contributed by atoms with Crippen LogP contribution in [0.15, 0.2) is 60.7 Å². The Bertz CT molecular complexity index is 566. The van der Waals surface area contributed by atoms with E-state index in [-0.39, 0.29) is 5.91 Å². The van der Waals surface area contributed by atoms with E-state index >= 15 is 0 Å². The molecule has 0 N–H and O–H groups in total. The van der Waals surface area contributed by atoms with Crippen molar-refractivity contribution in [2.75, 3.05) is 13.6 Å². The second-order valence-corrected chi connectivity index (χ2v) is 4.81. The summed E-state index contributed by atoms with van der Waals surface area (Å²) in [6.07, 6.45) is 0. The van der Waals surface area contributed by atoms with Crippen LogP contribution >= 0.6 is 12.2 Å². The summed E-state index contributed by atoms with van der Waals surface area (Å²) in [5.74, 6) is -0.0149. The fraction of sp³-hybridized carbons (Fsp3) is 0.125. The summed E-state index contributed by atoms with van der Waals surface area (Å²) in [6.45, 7) is 0.451. The highest BCUT2D eigenvalue weighted by Crippen LogP contribution is 2.06. The van der Waals surface area contributed by atoms with E-state index in [0.717, 1.165) is 10.4 Å². The Morgan fingerprint density at radius 1 is 0.947 bits per heavy atom. The monoisotopic (exact) mass is 269 g/mol. The minimum atomic E-state index is -0.0149. The SMILES string of the molecule is CN(CC(=S)c1ccccc1)C(=O)c1ccccc1. The van der Waals surface area contributed by atoms with Gasteiger partial charge < -0.3 is 4.90 Å². The molecule has 0 unspecified atom stereocenters. The fourth-order valence-corrected chi connectivity index (χ4v) is 2.13. The smallest absolute Gasteiger partial charge is 0.253 e. The second kappa shape index (κ2) is 6.25. The van der Waals surface area contributed by atoms with Crippen LogP contribution in [0, 0.1) is 0 Å². The van der Waals surface area contributed by atoms with Crippen molar-refractivity contribution in [1.82, 2.24) is 4.90 Å². The molecule has 0 radical (unpaired) electrons. The largest absolute Gasteiger partial charge is 0.337 e. The third-order valence-electron chi connectivity index (χ3n) is 2.84. The van der Waals surface area contributed by atoms with Gasteiger partial charge in [0, 0.05) is 17.5 Å². The Balaban J connectivity index is 2.04. The molecule has 0 atom stereocenters. The molecule has 3 heteroatoms. The molecular weight excluding hydrogens is 254 g/mol. The third-order valence-corrected chi connectivity index (χ3v) is 3.21. The maximum atomic E-state index is 12.2. The molecule has 0 saturated heterocycles. The molecule has 96 valence electrons. The number of rotatable bonds is 4. The zero-order valence-electron chi connectivity index (χ0n) is 10.7. The molecule has 0 aliphatic rings. The predicted octanol–water partition coefficient (Wildman–Crippen LogP) is 3.18. The zero-order valence-corrected chi connectivity index (χ0v) is 11.6. The average Bonchev–Trinajstić information content (AvgIpc) is 2.48. The number of amides is 1. The standard InChI is InChI=1S/C16H15NOS/c1-17(16(18)14-10-6-3-7-11-14)12-15(19)13-8-4-2-5-9-13/h2-11H,12H2,1H3. The minimum absolute atomic E-state index is 0.0149. The number of hydrogen-bond acceptors (Lipinski definition) is 2. The van der Waals surface area contributed by atoms with Crippen LogP contribution in [0.25, 0.3) is 0 Å². The van der Waals surface area contributed by atoms with E-state index in [1.807, 2.05) is 60.7 Å². The molecule has 19 heavy (non-hydrogen) atoms. The van der Waals surface area contributed by atoms with Crippen molar-refractivity contribution in [1.29, 1.82) is 0 Å². The highest BCUT2D eigenvalue weighted by atomic mass is 32.1. The molecule has 0 heterocycles. The molecule has 0 spiro atoms. The Kier molecular flexibility index (Phi) is 4.42. The van der Waals surface area contributed by atoms with E-state index in [1.54, 1.807) is 11.9 Å². The Morgan fingerprint density at radius 2 is 1.42 bits per heavy atom. The lowest BCUT2D eigenvalue weighted by Gasteiger charge is -2.17. The molecule has 2 aromatic rings. The molecule has 0 bridgehead atoms. The fourth-order valence-electron chi connectivity index (χ4n) is 1.80. The van der Waals surface area contributed by atoms with Gasteiger partial charge in [0.1, 0.15) is 0 Å². The summed E-state index contributed by atoms with van der Waals surface area (Å²) < 4.78 is 0. The summed E-state index contributed by atoms with van der Waals surface area (Å²) in [4.78, 5) is 14.6. The van der Waals surface area contributed by atoms with Crippen LogP contribution in [0.3, 0.4) is 0 Å². The lowest BCUT2D eigenvalue weighted by atomic mass is 10.1. The quantitative estimate of drug-likeness (QED) is 0.627. The Morgan fingerprint density at radius 3 is 1.95 bits per heavy atom. The number of likely N-dealkylation sites (N-methyl/N-ethyl adjacent to an activating group) is 1. The summed E-state index contributed by atoms with van der Waals surface area (Å²) >= 11 is 5.37.